The van der Waals surface area contributed by atoms with Gasteiger partial charge in [-0.15, -0.1) is 0 Å². The average Bonchev–Trinajstić information content (AvgIpc) is 2.65. The SMILES string of the molecule is CCCCCCCCCCCCCCCCCCCC[C@H](C)CCC(=O)O. The van der Waals surface area contributed by atoms with Gasteiger partial charge in [-0.2, -0.15) is 0 Å². The molecule has 0 aromatic heterocycles. The van der Waals surface area contributed by atoms with Gasteiger partial charge in [0, 0.05) is 6.42 Å². The molecule has 0 aliphatic heterocycles. The standard InChI is InChI=1S/C25H50O2/c1-3-4-5-6-7-8-9-10-11-12-13-14-15-16-17-18-19-20-21-24(2)22-23-25(26)27/h24H,3-23H2,1-2H3,(H,26,27)/t24-/m0/s1. The molecule has 27 heavy (non-hydrogen) atoms. The van der Waals surface area contributed by atoms with Gasteiger partial charge in [0.25, 0.3) is 0 Å². The Morgan fingerprint density at radius 1 is 0.593 bits per heavy atom. The Morgan fingerprint density at radius 2 is 0.926 bits per heavy atom. The van der Waals surface area contributed by atoms with E-state index in [0.717, 1.165) is 6.42 Å². The van der Waals surface area contributed by atoms with Gasteiger partial charge in [0.15, 0.2) is 0 Å². The molecule has 0 bridgehead atoms. The molecule has 0 aliphatic carbocycles. The normalized spacial score (nSPS) is 12.4. The van der Waals surface area contributed by atoms with E-state index in [-0.39, 0.29) is 0 Å². The predicted molar refractivity (Wildman–Crippen MR) is 119 cm³/mol. The molecular formula is C25H50O2. The summed E-state index contributed by atoms with van der Waals surface area (Å²) in [6.45, 7) is 4.48. The Labute approximate surface area is 170 Å². The molecule has 0 amide bonds. The molecule has 2 heteroatoms. The monoisotopic (exact) mass is 382 g/mol. The van der Waals surface area contributed by atoms with Crippen LogP contribution in [-0.2, 0) is 4.79 Å². The van der Waals surface area contributed by atoms with Crippen molar-refractivity contribution in [3.05, 3.63) is 0 Å². The van der Waals surface area contributed by atoms with E-state index in [4.69, 9.17) is 5.11 Å². The Hall–Kier alpha value is -0.530. The molecular weight excluding hydrogens is 332 g/mol. The first-order valence-corrected chi connectivity index (χ1v) is 12.4. The quantitative estimate of drug-likeness (QED) is 0.190. The molecule has 0 aliphatic rings. The lowest BCUT2D eigenvalue weighted by Crippen LogP contribution is -2.01. The lowest BCUT2D eigenvalue weighted by molar-refractivity contribution is -0.137. The van der Waals surface area contributed by atoms with Crippen molar-refractivity contribution in [3.8, 4) is 0 Å². The summed E-state index contributed by atoms with van der Waals surface area (Å²) >= 11 is 0. The molecule has 0 heterocycles. The van der Waals surface area contributed by atoms with Crippen LogP contribution >= 0.6 is 0 Å². The zero-order chi connectivity index (χ0) is 20.0. The number of rotatable bonds is 22. The summed E-state index contributed by atoms with van der Waals surface area (Å²) in [5, 5.41) is 8.69. The number of carboxylic acid groups (broad SMARTS) is 1. The Morgan fingerprint density at radius 3 is 1.26 bits per heavy atom. The maximum atomic E-state index is 10.5. The number of hydrogen-bond donors (Lipinski definition) is 1. The van der Waals surface area contributed by atoms with Gasteiger partial charge in [-0.05, 0) is 12.3 Å². The van der Waals surface area contributed by atoms with Gasteiger partial charge >= 0.3 is 5.97 Å². The second-order valence-corrected chi connectivity index (χ2v) is 8.84. The first-order chi connectivity index (χ1) is 13.2. The highest BCUT2D eigenvalue weighted by atomic mass is 16.4. The Bertz CT molecular complexity index is 301. The second-order valence-electron chi connectivity index (χ2n) is 8.84. The molecule has 0 aromatic carbocycles. The molecule has 2 nitrogen and oxygen atoms in total. The van der Waals surface area contributed by atoms with Crippen molar-refractivity contribution >= 4 is 5.97 Å². The molecule has 0 saturated heterocycles. The van der Waals surface area contributed by atoms with Crippen LogP contribution in [0.4, 0.5) is 0 Å². The molecule has 0 rings (SSSR count). The summed E-state index contributed by atoms with van der Waals surface area (Å²) in [5.41, 5.74) is 0. The van der Waals surface area contributed by atoms with Crippen molar-refractivity contribution in [3.63, 3.8) is 0 Å². The highest BCUT2D eigenvalue weighted by Gasteiger charge is 2.05. The highest BCUT2D eigenvalue weighted by molar-refractivity contribution is 5.66. The number of hydrogen-bond acceptors (Lipinski definition) is 1. The third kappa shape index (κ3) is 23.4. The first kappa shape index (κ1) is 26.5. The molecule has 1 N–H and O–H groups in total. The minimum Gasteiger partial charge on any atom is -0.481 e. The zero-order valence-electron chi connectivity index (χ0n) is 18.8. The van der Waals surface area contributed by atoms with E-state index < -0.39 is 5.97 Å². The summed E-state index contributed by atoms with van der Waals surface area (Å²) in [7, 11) is 0. The summed E-state index contributed by atoms with van der Waals surface area (Å²) in [5.74, 6) is -0.0817. The van der Waals surface area contributed by atoms with Gasteiger partial charge in [-0.25, -0.2) is 0 Å². The molecule has 0 radical (unpaired) electrons. The van der Waals surface area contributed by atoms with Crippen LogP contribution in [0.2, 0.25) is 0 Å². The fourth-order valence-corrected chi connectivity index (χ4v) is 3.91. The van der Waals surface area contributed by atoms with Crippen LogP contribution in [-0.4, -0.2) is 11.1 Å². The van der Waals surface area contributed by atoms with E-state index in [2.05, 4.69) is 13.8 Å². The zero-order valence-corrected chi connectivity index (χ0v) is 18.8. The van der Waals surface area contributed by atoms with Crippen molar-refractivity contribution in [2.45, 2.75) is 149 Å². The van der Waals surface area contributed by atoms with Crippen molar-refractivity contribution in [2.75, 3.05) is 0 Å². The van der Waals surface area contributed by atoms with Gasteiger partial charge in [-0.1, -0.05) is 136 Å². The third-order valence-corrected chi connectivity index (χ3v) is 5.90. The number of aliphatic carboxylic acids is 1. The van der Waals surface area contributed by atoms with Gasteiger partial charge in [0.05, 0.1) is 0 Å². The molecule has 0 fully saturated rings. The fourth-order valence-electron chi connectivity index (χ4n) is 3.91. The maximum Gasteiger partial charge on any atom is 0.303 e. The van der Waals surface area contributed by atoms with Crippen LogP contribution in [0.3, 0.4) is 0 Å². The summed E-state index contributed by atoms with van der Waals surface area (Å²) in [6.07, 6.45) is 27.9. The van der Waals surface area contributed by atoms with Gasteiger partial charge in [-0.3, -0.25) is 4.79 Å². The summed E-state index contributed by atoms with van der Waals surface area (Å²) < 4.78 is 0. The molecule has 1 atom stereocenters. The van der Waals surface area contributed by atoms with Crippen LogP contribution in [0, 0.1) is 5.92 Å². The topological polar surface area (TPSA) is 37.3 Å². The van der Waals surface area contributed by atoms with Crippen molar-refractivity contribution in [1.82, 2.24) is 0 Å². The van der Waals surface area contributed by atoms with E-state index in [1.165, 1.54) is 122 Å². The van der Waals surface area contributed by atoms with Crippen LogP contribution in [0.25, 0.3) is 0 Å². The second kappa shape index (κ2) is 21.8. The van der Waals surface area contributed by atoms with Crippen LogP contribution < -0.4 is 0 Å². The van der Waals surface area contributed by atoms with Crippen molar-refractivity contribution in [2.24, 2.45) is 5.92 Å². The van der Waals surface area contributed by atoms with Gasteiger partial charge in [0.1, 0.15) is 0 Å². The van der Waals surface area contributed by atoms with Gasteiger partial charge in [0.2, 0.25) is 0 Å². The molecule has 0 spiro atoms. The minimum absolute atomic E-state index is 0.334. The highest BCUT2D eigenvalue weighted by Crippen LogP contribution is 2.17. The number of carboxylic acids is 1. The van der Waals surface area contributed by atoms with E-state index in [1.54, 1.807) is 0 Å². The van der Waals surface area contributed by atoms with Crippen LogP contribution in [0.15, 0.2) is 0 Å². The fraction of sp³-hybridized carbons (Fsp3) is 0.960. The minimum atomic E-state index is -0.653. The van der Waals surface area contributed by atoms with Gasteiger partial charge < -0.3 is 5.11 Å². The maximum absolute atomic E-state index is 10.5. The van der Waals surface area contributed by atoms with Crippen molar-refractivity contribution in [1.29, 1.82) is 0 Å². The number of unbranched alkanes of at least 4 members (excludes halogenated alkanes) is 17. The average molecular weight is 383 g/mol. The smallest absolute Gasteiger partial charge is 0.303 e. The largest absolute Gasteiger partial charge is 0.481 e. The van der Waals surface area contributed by atoms with Crippen LogP contribution in [0.1, 0.15) is 149 Å². The molecule has 0 aromatic rings. The van der Waals surface area contributed by atoms with E-state index >= 15 is 0 Å². The molecule has 0 unspecified atom stereocenters. The Kier molecular flexibility index (Phi) is 21.3. The first-order valence-electron chi connectivity index (χ1n) is 12.4. The van der Waals surface area contributed by atoms with Crippen molar-refractivity contribution < 1.29 is 9.90 Å². The van der Waals surface area contributed by atoms with E-state index in [9.17, 15) is 4.79 Å². The molecule has 0 saturated carbocycles. The summed E-state index contributed by atoms with van der Waals surface area (Å²) in [4.78, 5) is 10.5. The van der Waals surface area contributed by atoms with E-state index in [0.29, 0.717) is 12.3 Å². The van der Waals surface area contributed by atoms with Crippen LogP contribution in [0.5, 0.6) is 0 Å². The summed E-state index contributed by atoms with van der Waals surface area (Å²) in [6, 6.07) is 0. The Balaban J connectivity index is 3.08. The number of carbonyl (C=O) groups is 1. The third-order valence-electron chi connectivity index (χ3n) is 5.90. The molecule has 162 valence electrons. The lowest BCUT2D eigenvalue weighted by atomic mass is 9.97. The predicted octanol–water partition coefficient (Wildman–Crippen LogP) is 8.92. The van der Waals surface area contributed by atoms with E-state index in [1.807, 2.05) is 0 Å². The lowest BCUT2D eigenvalue weighted by Gasteiger charge is -2.09.